The van der Waals surface area contributed by atoms with Crippen LogP contribution in [0.4, 0.5) is 9.59 Å². The van der Waals surface area contributed by atoms with Crippen LogP contribution in [0.25, 0.3) is 0 Å². The number of para-hydroxylation sites is 2. The lowest BCUT2D eigenvalue weighted by Crippen LogP contribution is -2.39. The van der Waals surface area contributed by atoms with Crippen LogP contribution in [0.15, 0.2) is 48.5 Å². The molecule has 0 unspecified atom stereocenters. The van der Waals surface area contributed by atoms with E-state index in [0.717, 1.165) is 38.5 Å². The summed E-state index contributed by atoms with van der Waals surface area (Å²) in [5, 5.41) is 25.6. The fourth-order valence-corrected chi connectivity index (χ4v) is 5.34. The van der Waals surface area contributed by atoms with Crippen LogP contribution in [0.1, 0.15) is 104 Å². The number of nitrogens with one attached hydrogen (secondary N) is 2. The van der Waals surface area contributed by atoms with Crippen LogP contribution in [-0.4, -0.2) is 94.5 Å². The molecule has 12 nitrogen and oxygen atoms in total. The zero-order chi connectivity index (χ0) is 38.6. The zero-order valence-corrected chi connectivity index (χ0v) is 32.2. The Hall–Kier alpha value is -4.48. The third-order valence-electron chi connectivity index (χ3n) is 7.95. The number of benzene rings is 2. The number of phenolic OH excluding ortho intramolecular Hbond substituents is 2. The van der Waals surface area contributed by atoms with Gasteiger partial charge in [0.25, 0.3) is 0 Å². The Labute approximate surface area is 310 Å². The number of hydrogen-bond donors (Lipinski definition) is 4. The second-order valence-corrected chi connectivity index (χ2v) is 15.1. The Bertz CT molecular complexity index is 1300. The minimum absolute atomic E-state index is 0.0873. The van der Waals surface area contributed by atoms with Gasteiger partial charge in [0.05, 0.1) is 12.8 Å². The summed E-state index contributed by atoms with van der Waals surface area (Å²) in [6.07, 6.45) is 6.07. The van der Waals surface area contributed by atoms with E-state index in [1.807, 2.05) is 41.5 Å². The summed E-state index contributed by atoms with van der Waals surface area (Å²) in [6.45, 7) is 13.8. The first-order chi connectivity index (χ1) is 24.5. The van der Waals surface area contributed by atoms with Crippen LogP contribution >= 0.6 is 0 Å². The molecule has 0 fully saturated rings. The Kier molecular flexibility index (Phi) is 18.9. The molecule has 0 aliphatic rings. The summed E-state index contributed by atoms with van der Waals surface area (Å²) in [4.78, 5) is 53.9. The first-order valence-electron chi connectivity index (χ1n) is 18.6. The molecule has 0 spiro atoms. The second kappa shape index (κ2) is 22.5. The third-order valence-corrected chi connectivity index (χ3v) is 7.95. The maximum atomic E-state index is 12.9. The van der Waals surface area contributed by atoms with E-state index in [0.29, 0.717) is 63.2 Å². The summed E-state index contributed by atoms with van der Waals surface area (Å²) < 4.78 is 11.3. The molecule has 0 aromatic heterocycles. The lowest BCUT2D eigenvalue weighted by molar-refractivity contribution is -0.121. The molecule has 52 heavy (non-hydrogen) atoms. The lowest BCUT2D eigenvalue weighted by atomic mass is 10.1. The maximum Gasteiger partial charge on any atom is 0.410 e. The molecule has 0 heterocycles. The van der Waals surface area contributed by atoms with Crippen LogP contribution in [0.2, 0.25) is 0 Å². The van der Waals surface area contributed by atoms with Crippen molar-refractivity contribution < 1.29 is 38.9 Å². The first-order valence-corrected chi connectivity index (χ1v) is 18.6. The van der Waals surface area contributed by atoms with Crippen molar-refractivity contribution in [2.45, 2.75) is 117 Å². The number of unbranched alkanes of at least 4 members (excludes halogenated alkanes) is 5. The van der Waals surface area contributed by atoms with Gasteiger partial charge in [0.1, 0.15) is 22.7 Å². The molecule has 2 aromatic rings. The normalized spacial score (nSPS) is 11.4. The largest absolute Gasteiger partial charge is 0.508 e. The molecule has 0 radical (unpaired) electrons. The standard InChI is InChI=1S/C40H62N4O8/c1-39(2,3)51-37(49)43(27-17-23-41-35(47)29-31-19-11-13-21-33(31)45)25-15-9-7-8-10-16-26-44(38(50)52-40(4,5)6)28-18-24-42-36(48)30-32-20-12-14-22-34(32)46/h11-14,19-22,45-46H,7-10,15-18,23-30H2,1-6H3,(H,41,47)(H,42,48). The summed E-state index contributed by atoms with van der Waals surface area (Å²) in [7, 11) is 0. The molecule has 12 heteroatoms. The quantitative estimate of drug-likeness (QED) is 0.103. The van der Waals surface area contributed by atoms with Crippen LogP contribution in [-0.2, 0) is 31.9 Å². The topological polar surface area (TPSA) is 158 Å². The van der Waals surface area contributed by atoms with Crippen LogP contribution < -0.4 is 10.6 Å². The predicted molar refractivity (Wildman–Crippen MR) is 202 cm³/mol. The minimum Gasteiger partial charge on any atom is -0.508 e. The average molecular weight is 727 g/mol. The van der Waals surface area contributed by atoms with Gasteiger partial charge in [-0.05, 0) is 79.4 Å². The molecular formula is C40H62N4O8. The van der Waals surface area contributed by atoms with E-state index < -0.39 is 11.2 Å². The number of ether oxygens (including phenoxy) is 2. The molecule has 2 aromatic carbocycles. The maximum absolute atomic E-state index is 12.9. The van der Waals surface area contributed by atoms with Gasteiger partial charge < -0.3 is 40.1 Å². The van der Waals surface area contributed by atoms with E-state index in [4.69, 9.17) is 9.47 Å². The number of hydrogen-bond acceptors (Lipinski definition) is 8. The molecular weight excluding hydrogens is 664 g/mol. The van der Waals surface area contributed by atoms with Crippen molar-refractivity contribution in [1.29, 1.82) is 0 Å². The molecule has 0 aliphatic heterocycles. The van der Waals surface area contributed by atoms with Gasteiger partial charge in [0.15, 0.2) is 0 Å². The highest BCUT2D eigenvalue weighted by atomic mass is 16.6. The Morgan fingerprint density at radius 2 is 0.865 bits per heavy atom. The van der Waals surface area contributed by atoms with E-state index >= 15 is 0 Å². The van der Waals surface area contributed by atoms with Crippen molar-refractivity contribution in [2.24, 2.45) is 0 Å². The lowest BCUT2D eigenvalue weighted by Gasteiger charge is -2.28. The van der Waals surface area contributed by atoms with Gasteiger partial charge in [0.2, 0.25) is 11.8 Å². The van der Waals surface area contributed by atoms with Crippen molar-refractivity contribution in [3.05, 3.63) is 59.7 Å². The van der Waals surface area contributed by atoms with Gasteiger partial charge in [-0.25, -0.2) is 9.59 Å². The van der Waals surface area contributed by atoms with Gasteiger partial charge in [-0.3, -0.25) is 9.59 Å². The van der Waals surface area contributed by atoms with Crippen LogP contribution in [0, 0.1) is 0 Å². The second-order valence-electron chi connectivity index (χ2n) is 15.1. The van der Waals surface area contributed by atoms with E-state index in [1.165, 1.54) is 0 Å². The van der Waals surface area contributed by atoms with Crippen LogP contribution in [0.5, 0.6) is 11.5 Å². The Balaban J connectivity index is 1.72. The highest BCUT2D eigenvalue weighted by molar-refractivity contribution is 5.79. The SMILES string of the molecule is CC(C)(C)OC(=O)N(CCCCCCCCN(CCCNC(=O)Cc1ccccc1O)C(=O)OC(C)(C)C)CCCNC(=O)Cc1ccccc1O. The molecule has 0 atom stereocenters. The third kappa shape index (κ3) is 19.2. The summed E-state index contributed by atoms with van der Waals surface area (Å²) in [6, 6.07) is 13.5. The number of rotatable bonds is 21. The van der Waals surface area contributed by atoms with E-state index in [1.54, 1.807) is 58.3 Å². The predicted octanol–water partition coefficient (Wildman–Crippen LogP) is 6.71. The molecule has 0 bridgehead atoms. The van der Waals surface area contributed by atoms with Crippen molar-refractivity contribution in [2.75, 3.05) is 39.3 Å². The minimum atomic E-state index is -0.615. The van der Waals surface area contributed by atoms with Crippen molar-refractivity contribution >= 4 is 24.0 Å². The first kappa shape index (κ1) is 43.7. The van der Waals surface area contributed by atoms with Gasteiger partial charge in [-0.1, -0.05) is 62.1 Å². The number of amides is 4. The molecule has 0 aliphatic carbocycles. The van der Waals surface area contributed by atoms with Gasteiger partial charge in [0, 0.05) is 50.4 Å². The zero-order valence-electron chi connectivity index (χ0n) is 32.2. The number of nitrogens with zero attached hydrogens (tertiary/aromatic N) is 2. The molecule has 0 saturated heterocycles. The molecule has 2 rings (SSSR count). The number of aromatic hydroxyl groups is 2. The van der Waals surface area contributed by atoms with E-state index in [-0.39, 0.29) is 48.3 Å². The average Bonchev–Trinajstić information content (AvgIpc) is 3.04. The molecule has 4 amide bonds. The summed E-state index contributed by atoms with van der Waals surface area (Å²) in [5.41, 5.74) is -0.0987. The van der Waals surface area contributed by atoms with Gasteiger partial charge in [-0.2, -0.15) is 0 Å². The van der Waals surface area contributed by atoms with Crippen molar-refractivity contribution in [1.82, 2.24) is 20.4 Å². The molecule has 4 N–H and O–H groups in total. The Morgan fingerprint density at radius 1 is 0.538 bits per heavy atom. The Morgan fingerprint density at radius 3 is 1.21 bits per heavy atom. The van der Waals surface area contributed by atoms with Crippen LogP contribution in [0.3, 0.4) is 0 Å². The number of carbonyl (C=O) groups is 4. The summed E-state index contributed by atoms with van der Waals surface area (Å²) in [5.74, 6) is -0.196. The molecule has 0 saturated carbocycles. The van der Waals surface area contributed by atoms with Gasteiger partial charge in [-0.15, -0.1) is 0 Å². The number of phenols is 2. The smallest absolute Gasteiger partial charge is 0.410 e. The van der Waals surface area contributed by atoms with Crippen molar-refractivity contribution in [3.8, 4) is 11.5 Å². The highest BCUT2D eigenvalue weighted by Gasteiger charge is 2.23. The monoisotopic (exact) mass is 726 g/mol. The molecule has 290 valence electrons. The fourth-order valence-electron chi connectivity index (χ4n) is 5.34. The van der Waals surface area contributed by atoms with Crippen molar-refractivity contribution in [3.63, 3.8) is 0 Å². The van der Waals surface area contributed by atoms with E-state index in [9.17, 15) is 29.4 Å². The summed E-state index contributed by atoms with van der Waals surface area (Å²) >= 11 is 0. The van der Waals surface area contributed by atoms with E-state index in [2.05, 4.69) is 10.6 Å². The fraction of sp³-hybridized carbons (Fsp3) is 0.600. The number of carbonyl (C=O) groups excluding carboxylic acids is 4. The highest BCUT2D eigenvalue weighted by Crippen LogP contribution is 2.18. The van der Waals surface area contributed by atoms with Gasteiger partial charge >= 0.3 is 12.2 Å².